The lowest BCUT2D eigenvalue weighted by molar-refractivity contribution is -0.117. The first-order chi connectivity index (χ1) is 13.5. The summed E-state index contributed by atoms with van der Waals surface area (Å²) in [6.45, 7) is 9.48. The Morgan fingerprint density at radius 3 is 2.71 bits per heavy atom. The number of para-hydroxylation sites is 1. The summed E-state index contributed by atoms with van der Waals surface area (Å²) in [7, 11) is 0. The summed E-state index contributed by atoms with van der Waals surface area (Å²) in [6.07, 6.45) is 0.106. The van der Waals surface area contributed by atoms with Crippen LogP contribution in [-0.2, 0) is 17.8 Å². The molecule has 2 aromatic heterocycles. The number of hydrogen-bond donors (Lipinski definition) is 1. The summed E-state index contributed by atoms with van der Waals surface area (Å²) >= 11 is 1.50. The number of fused-ring (bicyclic) bond motifs is 1. The molecule has 3 aromatic rings. The largest absolute Gasteiger partial charge is 0.493 e. The highest BCUT2D eigenvalue weighted by atomic mass is 32.1. The normalized spacial score (nSPS) is 11.9. The van der Waals surface area contributed by atoms with Gasteiger partial charge in [0.1, 0.15) is 0 Å². The third-order valence-corrected chi connectivity index (χ3v) is 5.53. The minimum Gasteiger partial charge on any atom is -0.493 e. The lowest BCUT2D eigenvalue weighted by Gasteiger charge is -2.18. The topological polar surface area (TPSA) is 83.1 Å². The standard InChI is InChI=1S/C20H25N5O2S/c1-4-24(5-2)10-11-25-17-9-7-6-8-16(17)19(20(25)27)23-22-18(26)12-15-13-28-14(3)21-15/h6-9,13,27H,4-5,10-12H2,1-3H3. The second-order valence-corrected chi connectivity index (χ2v) is 7.56. The van der Waals surface area contributed by atoms with Gasteiger partial charge in [0.25, 0.3) is 5.91 Å². The number of amides is 1. The Morgan fingerprint density at radius 2 is 2.04 bits per heavy atom. The van der Waals surface area contributed by atoms with Crippen molar-refractivity contribution in [2.45, 2.75) is 33.7 Å². The molecule has 0 aliphatic rings. The molecule has 0 unspecified atom stereocenters. The zero-order valence-corrected chi connectivity index (χ0v) is 17.2. The van der Waals surface area contributed by atoms with Crippen LogP contribution in [-0.4, -0.2) is 45.1 Å². The molecule has 7 nitrogen and oxygen atoms in total. The molecule has 0 radical (unpaired) electrons. The van der Waals surface area contributed by atoms with E-state index in [1.807, 2.05) is 41.1 Å². The van der Waals surface area contributed by atoms with Crippen molar-refractivity contribution < 1.29 is 9.90 Å². The number of benzene rings is 1. The van der Waals surface area contributed by atoms with E-state index in [2.05, 4.69) is 34.0 Å². The molecule has 2 heterocycles. The molecule has 148 valence electrons. The molecule has 3 rings (SSSR count). The summed E-state index contributed by atoms with van der Waals surface area (Å²) in [6, 6.07) is 7.63. The van der Waals surface area contributed by atoms with Crippen molar-refractivity contribution in [3.63, 3.8) is 0 Å². The molecule has 1 N–H and O–H groups in total. The number of carbonyl (C=O) groups excluding carboxylic acids is 1. The van der Waals surface area contributed by atoms with Gasteiger partial charge in [-0.2, -0.15) is 0 Å². The van der Waals surface area contributed by atoms with E-state index in [-0.39, 0.29) is 18.2 Å². The lowest BCUT2D eigenvalue weighted by atomic mass is 10.2. The van der Waals surface area contributed by atoms with Crippen LogP contribution in [0, 0.1) is 6.92 Å². The number of aromatic hydroxyl groups is 1. The molecule has 0 saturated heterocycles. The number of carbonyl (C=O) groups is 1. The molecule has 1 aromatic carbocycles. The van der Waals surface area contributed by atoms with E-state index in [1.54, 1.807) is 0 Å². The van der Waals surface area contributed by atoms with Crippen LogP contribution in [0.5, 0.6) is 5.88 Å². The molecule has 0 aliphatic heterocycles. The number of aromatic nitrogens is 2. The van der Waals surface area contributed by atoms with E-state index in [0.29, 0.717) is 17.9 Å². The third-order valence-electron chi connectivity index (χ3n) is 4.71. The van der Waals surface area contributed by atoms with Gasteiger partial charge in [-0.25, -0.2) is 4.98 Å². The fourth-order valence-corrected chi connectivity index (χ4v) is 3.78. The Labute approximate surface area is 168 Å². The number of hydrogen-bond acceptors (Lipinski definition) is 6. The molecular weight excluding hydrogens is 374 g/mol. The number of aryl methyl sites for hydroxylation is 1. The summed E-state index contributed by atoms with van der Waals surface area (Å²) in [5.74, 6) is -0.348. The quantitative estimate of drug-likeness (QED) is 0.572. The Balaban J connectivity index is 1.84. The number of rotatable bonds is 8. The highest BCUT2D eigenvalue weighted by Gasteiger charge is 2.17. The zero-order valence-electron chi connectivity index (χ0n) is 16.4. The zero-order chi connectivity index (χ0) is 20.1. The van der Waals surface area contributed by atoms with Gasteiger partial charge >= 0.3 is 0 Å². The molecule has 0 fully saturated rings. The number of likely N-dealkylation sites (N-methyl/N-ethyl adjacent to an activating group) is 1. The van der Waals surface area contributed by atoms with E-state index in [4.69, 9.17) is 0 Å². The first-order valence-corrected chi connectivity index (χ1v) is 10.3. The second kappa shape index (κ2) is 9.07. The monoisotopic (exact) mass is 399 g/mol. The molecular formula is C20H25N5O2S. The Hall–Kier alpha value is -2.58. The van der Waals surface area contributed by atoms with Crippen LogP contribution in [0.2, 0.25) is 0 Å². The fourth-order valence-electron chi connectivity index (χ4n) is 3.16. The molecule has 0 saturated carbocycles. The molecule has 0 spiro atoms. The minimum absolute atomic E-state index is 0.0365. The molecule has 0 atom stereocenters. The molecule has 0 aliphatic carbocycles. The van der Waals surface area contributed by atoms with Gasteiger partial charge in [0.2, 0.25) is 5.88 Å². The van der Waals surface area contributed by atoms with Crippen molar-refractivity contribution in [1.29, 1.82) is 0 Å². The Bertz CT molecular complexity index is 988. The van der Waals surface area contributed by atoms with Gasteiger partial charge in [-0.15, -0.1) is 21.6 Å². The van der Waals surface area contributed by atoms with E-state index < -0.39 is 0 Å². The van der Waals surface area contributed by atoms with Gasteiger partial charge in [-0.3, -0.25) is 4.79 Å². The van der Waals surface area contributed by atoms with Gasteiger partial charge in [0, 0.05) is 23.9 Å². The van der Waals surface area contributed by atoms with Crippen LogP contribution in [0.25, 0.3) is 10.9 Å². The lowest BCUT2D eigenvalue weighted by Crippen LogP contribution is -2.26. The van der Waals surface area contributed by atoms with Crippen molar-refractivity contribution in [1.82, 2.24) is 14.5 Å². The SMILES string of the molecule is CCN(CC)CCn1c(O)c(N=NC(=O)Cc2csc(C)n2)c2ccccc21. The number of thiazole rings is 1. The van der Waals surface area contributed by atoms with Crippen LogP contribution in [0.1, 0.15) is 24.5 Å². The molecule has 0 bridgehead atoms. The van der Waals surface area contributed by atoms with Crippen LogP contribution < -0.4 is 0 Å². The van der Waals surface area contributed by atoms with E-state index >= 15 is 0 Å². The van der Waals surface area contributed by atoms with Gasteiger partial charge in [0.05, 0.1) is 22.6 Å². The molecule has 28 heavy (non-hydrogen) atoms. The van der Waals surface area contributed by atoms with Crippen molar-refractivity contribution in [3.05, 3.63) is 40.3 Å². The maximum absolute atomic E-state index is 12.2. The average molecular weight is 400 g/mol. The Morgan fingerprint density at radius 1 is 1.29 bits per heavy atom. The van der Waals surface area contributed by atoms with Gasteiger partial charge in [0.15, 0.2) is 5.69 Å². The number of azo groups is 1. The van der Waals surface area contributed by atoms with Gasteiger partial charge in [-0.05, 0) is 26.1 Å². The Kier molecular flexibility index (Phi) is 6.53. The summed E-state index contributed by atoms with van der Waals surface area (Å²) in [4.78, 5) is 18.7. The van der Waals surface area contributed by atoms with Gasteiger partial charge < -0.3 is 14.6 Å². The third kappa shape index (κ3) is 4.45. The van der Waals surface area contributed by atoms with E-state index in [1.165, 1.54) is 11.3 Å². The summed E-state index contributed by atoms with van der Waals surface area (Å²) in [5, 5.41) is 22.2. The summed E-state index contributed by atoms with van der Waals surface area (Å²) < 4.78 is 1.83. The molecule has 8 heteroatoms. The van der Waals surface area contributed by atoms with E-state index in [9.17, 15) is 9.90 Å². The predicted octanol–water partition coefficient (Wildman–Crippen LogP) is 4.31. The van der Waals surface area contributed by atoms with Crippen LogP contribution in [0.15, 0.2) is 39.9 Å². The van der Waals surface area contributed by atoms with Crippen molar-refractivity contribution in [3.8, 4) is 5.88 Å². The maximum atomic E-state index is 12.2. The van der Waals surface area contributed by atoms with Gasteiger partial charge in [-0.1, -0.05) is 32.0 Å². The maximum Gasteiger partial charge on any atom is 0.270 e. The van der Waals surface area contributed by atoms with Crippen molar-refractivity contribution in [2.75, 3.05) is 19.6 Å². The first kappa shape index (κ1) is 20.2. The number of nitrogens with zero attached hydrogens (tertiary/aromatic N) is 5. The van der Waals surface area contributed by atoms with E-state index in [0.717, 1.165) is 35.5 Å². The predicted molar refractivity (Wildman–Crippen MR) is 111 cm³/mol. The van der Waals surface area contributed by atoms with Crippen LogP contribution in [0.3, 0.4) is 0 Å². The van der Waals surface area contributed by atoms with Crippen LogP contribution in [0.4, 0.5) is 5.69 Å². The average Bonchev–Trinajstić information content (AvgIpc) is 3.21. The first-order valence-electron chi connectivity index (χ1n) is 9.41. The second-order valence-electron chi connectivity index (χ2n) is 6.50. The highest BCUT2D eigenvalue weighted by molar-refractivity contribution is 7.09. The smallest absolute Gasteiger partial charge is 0.270 e. The fraction of sp³-hybridized carbons (Fsp3) is 0.400. The highest BCUT2D eigenvalue weighted by Crippen LogP contribution is 2.38. The minimum atomic E-state index is -0.385. The summed E-state index contributed by atoms with van der Waals surface area (Å²) in [5.41, 5.74) is 1.90. The van der Waals surface area contributed by atoms with Crippen LogP contribution >= 0.6 is 11.3 Å². The van der Waals surface area contributed by atoms with Crippen molar-refractivity contribution in [2.24, 2.45) is 10.2 Å². The molecule has 1 amide bonds. The van der Waals surface area contributed by atoms with Crippen molar-refractivity contribution >= 4 is 33.8 Å².